The molecule has 2 rings (SSSR count). The molecule has 0 aliphatic carbocycles. The largest absolute Gasteiger partial charge is 0.319 e. The van der Waals surface area contributed by atoms with Crippen LogP contribution in [0.25, 0.3) is 0 Å². The highest BCUT2D eigenvalue weighted by Gasteiger charge is 2.13. The lowest BCUT2D eigenvalue weighted by molar-refractivity contribution is 0.716. The Morgan fingerprint density at radius 1 is 1.33 bits per heavy atom. The van der Waals surface area contributed by atoms with Gasteiger partial charge < -0.3 is 5.32 Å². The van der Waals surface area contributed by atoms with Gasteiger partial charge in [0.05, 0.1) is 0 Å². The van der Waals surface area contributed by atoms with E-state index in [-0.39, 0.29) is 0 Å². The van der Waals surface area contributed by atoms with Gasteiger partial charge in [0, 0.05) is 29.7 Å². The molecule has 1 atom stereocenters. The summed E-state index contributed by atoms with van der Waals surface area (Å²) in [5, 5.41) is 5.37. The maximum atomic E-state index is 4.05. The van der Waals surface area contributed by atoms with Crippen molar-refractivity contribution >= 4 is 11.3 Å². The van der Waals surface area contributed by atoms with E-state index in [9.17, 15) is 0 Å². The summed E-state index contributed by atoms with van der Waals surface area (Å²) in [5.41, 5.74) is 1.32. The average molecular weight is 218 g/mol. The molecule has 0 aromatic carbocycles. The van der Waals surface area contributed by atoms with Gasteiger partial charge in [-0.1, -0.05) is 6.07 Å². The SMILES string of the molecule is CNCC(c1ccncc1)c1cccs1. The van der Waals surface area contributed by atoms with Crippen LogP contribution in [-0.2, 0) is 0 Å². The van der Waals surface area contributed by atoms with Gasteiger partial charge in [0.2, 0.25) is 0 Å². The van der Waals surface area contributed by atoms with E-state index in [1.807, 2.05) is 19.4 Å². The van der Waals surface area contributed by atoms with Crippen LogP contribution >= 0.6 is 11.3 Å². The zero-order valence-electron chi connectivity index (χ0n) is 8.68. The number of likely N-dealkylation sites (N-methyl/N-ethyl adjacent to an activating group) is 1. The lowest BCUT2D eigenvalue weighted by Gasteiger charge is -2.14. The van der Waals surface area contributed by atoms with Crippen LogP contribution < -0.4 is 5.32 Å². The molecule has 2 aromatic rings. The highest BCUT2D eigenvalue weighted by Crippen LogP contribution is 2.27. The van der Waals surface area contributed by atoms with E-state index in [0.29, 0.717) is 5.92 Å². The summed E-state index contributed by atoms with van der Waals surface area (Å²) in [6.07, 6.45) is 3.71. The number of pyridine rings is 1. The first kappa shape index (κ1) is 10.3. The molecule has 3 heteroatoms. The summed E-state index contributed by atoms with van der Waals surface area (Å²) in [5.74, 6) is 0.443. The average Bonchev–Trinajstić information content (AvgIpc) is 2.80. The van der Waals surface area contributed by atoms with Crippen molar-refractivity contribution in [1.82, 2.24) is 10.3 Å². The van der Waals surface area contributed by atoms with Crippen molar-refractivity contribution in [2.24, 2.45) is 0 Å². The molecule has 0 saturated carbocycles. The number of nitrogens with one attached hydrogen (secondary N) is 1. The van der Waals surface area contributed by atoms with E-state index in [0.717, 1.165) is 6.54 Å². The molecule has 0 spiro atoms. The maximum absolute atomic E-state index is 4.05. The molecule has 2 heterocycles. The fourth-order valence-corrected chi connectivity index (χ4v) is 2.53. The number of aromatic nitrogens is 1. The maximum Gasteiger partial charge on any atom is 0.0309 e. The van der Waals surface area contributed by atoms with Gasteiger partial charge in [-0.05, 0) is 36.2 Å². The molecule has 1 N–H and O–H groups in total. The van der Waals surface area contributed by atoms with Gasteiger partial charge in [-0.3, -0.25) is 4.98 Å². The minimum atomic E-state index is 0.443. The van der Waals surface area contributed by atoms with Gasteiger partial charge in [0.25, 0.3) is 0 Å². The van der Waals surface area contributed by atoms with Crippen LogP contribution in [0.5, 0.6) is 0 Å². The molecule has 2 aromatic heterocycles. The third kappa shape index (κ3) is 2.43. The Balaban J connectivity index is 2.28. The minimum absolute atomic E-state index is 0.443. The Labute approximate surface area is 94.0 Å². The molecular formula is C12H14N2S. The second-order valence-electron chi connectivity index (χ2n) is 3.41. The summed E-state index contributed by atoms with van der Waals surface area (Å²) < 4.78 is 0. The van der Waals surface area contributed by atoms with Crippen LogP contribution in [0.3, 0.4) is 0 Å². The first-order valence-corrected chi connectivity index (χ1v) is 5.87. The Kier molecular flexibility index (Phi) is 3.48. The van der Waals surface area contributed by atoms with E-state index >= 15 is 0 Å². The van der Waals surface area contributed by atoms with Crippen molar-refractivity contribution in [3.05, 3.63) is 52.5 Å². The van der Waals surface area contributed by atoms with Crippen molar-refractivity contribution in [2.75, 3.05) is 13.6 Å². The van der Waals surface area contributed by atoms with E-state index in [1.165, 1.54) is 10.4 Å². The predicted octanol–water partition coefficient (Wildman–Crippen LogP) is 2.49. The Morgan fingerprint density at radius 3 is 2.73 bits per heavy atom. The number of rotatable bonds is 4. The molecule has 0 fully saturated rings. The van der Waals surface area contributed by atoms with Crippen LogP contribution in [0.15, 0.2) is 42.0 Å². The number of hydrogen-bond donors (Lipinski definition) is 1. The number of hydrogen-bond acceptors (Lipinski definition) is 3. The molecule has 0 bridgehead atoms. The quantitative estimate of drug-likeness (QED) is 0.853. The van der Waals surface area contributed by atoms with Crippen LogP contribution in [0.4, 0.5) is 0 Å². The molecule has 0 aliphatic rings. The van der Waals surface area contributed by atoms with Crippen LogP contribution in [0, 0.1) is 0 Å². The lowest BCUT2D eigenvalue weighted by Crippen LogP contribution is -2.17. The second kappa shape index (κ2) is 5.05. The molecule has 0 amide bonds. The van der Waals surface area contributed by atoms with E-state index < -0.39 is 0 Å². The Bertz CT molecular complexity index is 383. The van der Waals surface area contributed by atoms with Gasteiger partial charge in [0.1, 0.15) is 0 Å². The lowest BCUT2D eigenvalue weighted by atomic mass is 9.99. The molecule has 1 unspecified atom stereocenters. The molecule has 0 saturated heterocycles. The smallest absolute Gasteiger partial charge is 0.0309 e. The van der Waals surface area contributed by atoms with Gasteiger partial charge in [0.15, 0.2) is 0 Å². The molecule has 2 nitrogen and oxygen atoms in total. The first-order chi connectivity index (χ1) is 7.42. The van der Waals surface area contributed by atoms with Crippen molar-refractivity contribution in [3.8, 4) is 0 Å². The van der Waals surface area contributed by atoms with E-state index in [1.54, 1.807) is 11.3 Å². The van der Waals surface area contributed by atoms with Gasteiger partial charge in [-0.25, -0.2) is 0 Å². The molecule has 0 radical (unpaired) electrons. The predicted molar refractivity (Wildman–Crippen MR) is 64.3 cm³/mol. The van der Waals surface area contributed by atoms with Gasteiger partial charge >= 0.3 is 0 Å². The van der Waals surface area contributed by atoms with Crippen molar-refractivity contribution in [1.29, 1.82) is 0 Å². The second-order valence-corrected chi connectivity index (χ2v) is 4.39. The number of thiophene rings is 1. The van der Waals surface area contributed by atoms with Gasteiger partial charge in [-0.2, -0.15) is 0 Å². The van der Waals surface area contributed by atoms with E-state index in [4.69, 9.17) is 0 Å². The monoisotopic (exact) mass is 218 g/mol. The minimum Gasteiger partial charge on any atom is -0.319 e. The van der Waals surface area contributed by atoms with E-state index in [2.05, 4.69) is 39.9 Å². The van der Waals surface area contributed by atoms with Crippen molar-refractivity contribution in [3.63, 3.8) is 0 Å². The van der Waals surface area contributed by atoms with Crippen molar-refractivity contribution in [2.45, 2.75) is 5.92 Å². The zero-order valence-corrected chi connectivity index (χ0v) is 9.50. The number of nitrogens with zero attached hydrogens (tertiary/aromatic N) is 1. The van der Waals surface area contributed by atoms with Crippen LogP contribution in [-0.4, -0.2) is 18.6 Å². The summed E-state index contributed by atoms with van der Waals surface area (Å²) in [7, 11) is 1.99. The van der Waals surface area contributed by atoms with Gasteiger partial charge in [-0.15, -0.1) is 11.3 Å². The Hall–Kier alpha value is -1.19. The first-order valence-electron chi connectivity index (χ1n) is 4.99. The Morgan fingerprint density at radius 2 is 2.13 bits per heavy atom. The normalized spacial score (nSPS) is 12.6. The third-order valence-electron chi connectivity index (χ3n) is 2.40. The summed E-state index contributed by atoms with van der Waals surface area (Å²) >= 11 is 1.81. The standard InChI is InChI=1S/C12H14N2S/c1-13-9-11(12-3-2-8-15-12)10-4-6-14-7-5-10/h2-8,11,13H,9H2,1H3. The molecular weight excluding hydrogens is 204 g/mol. The molecule has 15 heavy (non-hydrogen) atoms. The van der Waals surface area contributed by atoms with Crippen LogP contribution in [0.2, 0.25) is 0 Å². The molecule has 0 aliphatic heterocycles. The summed E-state index contributed by atoms with van der Waals surface area (Å²) in [6.45, 7) is 0.963. The fraction of sp³-hybridized carbons (Fsp3) is 0.250. The highest BCUT2D eigenvalue weighted by molar-refractivity contribution is 7.10. The van der Waals surface area contributed by atoms with Crippen LogP contribution in [0.1, 0.15) is 16.4 Å². The third-order valence-corrected chi connectivity index (χ3v) is 3.39. The highest BCUT2D eigenvalue weighted by atomic mass is 32.1. The topological polar surface area (TPSA) is 24.9 Å². The fourth-order valence-electron chi connectivity index (χ4n) is 1.67. The zero-order chi connectivity index (χ0) is 10.5. The summed E-state index contributed by atoms with van der Waals surface area (Å²) in [6, 6.07) is 8.46. The van der Waals surface area contributed by atoms with Crippen molar-refractivity contribution < 1.29 is 0 Å². The molecule has 78 valence electrons. The summed E-state index contributed by atoms with van der Waals surface area (Å²) in [4.78, 5) is 5.45.